The highest BCUT2D eigenvalue weighted by atomic mass is 35.5. The van der Waals surface area contributed by atoms with Crippen molar-refractivity contribution in [2.45, 2.75) is 38.2 Å². The molecule has 26 heavy (non-hydrogen) atoms. The summed E-state index contributed by atoms with van der Waals surface area (Å²) in [6.45, 7) is 2.79. The smallest absolute Gasteiger partial charge is 0.316 e. The molecule has 2 aliphatic heterocycles. The Kier molecular flexibility index (Phi) is 6.25. The molecule has 0 bridgehead atoms. The Balaban J connectivity index is 1.65. The Morgan fingerprint density at radius 2 is 1.73 bits per heavy atom. The Labute approximate surface area is 159 Å². The van der Waals surface area contributed by atoms with Gasteiger partial charge in [0.25, 0.3) is 5.91 Å². The number of halogens is 1. The van der Waals surface area contributed by atoms with Gasteiger partial charge in [-0.1, -0.05) is 0 Å². The van der Waals surface area contributed by atoms with Gasteiger partial charge in [0.2, 0.25) is 0 Å². The summed E-state index contributed by atoms with van der Waals surface area (Å²) in [5.41, 5.74) is 0.573. The summed E-state index contributed by atoms with van der Waals surface area (Å²) in [4.78, 5) is 27.4. The van der Waals surface area contributed by atoms with Crippen molar-refractivity contribution < 1.29 is 19.1 Å². The van der Waals surface area contributed by atoms with Gasteiger partial charge in [0, 0.05) is 45.1 Å². The lowest BCUT2D eigenvalue weighted by molar-refractivity contribution is 0.0720. The average Bonchev–Trinajstić information content (AvgIpc) is 2.68. The van der Waals surface area contributed by atoms with Gasteiger partial charge >= 0.3 is 5.37 Å². The third-order valence-corrected chi connectivity index (χ3v) is 5.28. The molecule has 3 rings (SSSR count). The Morgan fingerprint density at radius 1 is 1.04 bits per heavy atom. The topological polar surface area (TPSA) is 59.1 Å². The highest BCUT2D eigenvalue weighted by molar-refractivity contribution is 6.62. The molecule has 2 aliphatic rings. The number of carbonyl (C=O) groups is 2. The number of methoxy groups -OCH3 is 1. The molecule has 142 valence electrons. The van der Waals surface area contributed by atoms with Crippen LogP contribution in [0.4, 0.5) is 4.79 Å². The fourth-order valence-corrected chi connectivity index (χ4v) is 3.70. The SMILES string of the molecule is COc1cc(OC2CCN(C(=O)Cl)CC2)ccc1C(=O)N1CCCCC1. The molecule has 1 aromatic rings. The zero-order valence-corrected chi connectivity index (χ0v) is 15.8. The molecule has 0 unspecified atom stereocenters. The minimum absolute atomic E-state index is 0.0158. The molecule has 0 aromatic heterocycles. The summed E-state index contributed by atoms with van der Waals surface area (Å²) in [5.74, 6) is 1.22. The summed E-state index contributed by atoms with van der Waals surface area (Å²) in [5, 5.41) is -0.411. The molecule has 2 fully saturated rings. The first-order chi connectivity index (χ1) is 12.6. The van der Waals surface area contributed by atoms with E-state index in [1.807, 2.05) is 11.0 Å². The molecule has 2 amide bonds. The summed E-state index contributed by atoms with van der Waals surface area (Å²) < 4.78 is 11.5. The van der Waals surface area contributed by atoms with Gasteiger partial charge in [-0.25, -0.2) is 0 Å². The van der Waals surface area contributed by atoms with E-state index in [4.69, 9.17) is 21.1 Å². The zero-order chi connectivity index (χ0) is 18.5. The van der Waals surface area contributed by atoms with Crippen molar-refractivity contribution in [2.75, 3.05) is 33.3 Å². The maximum atomic E-state index is 12.7. The lowest BCUT2D eigenvalue weighted by Crippen LogP contribution is -2.39. The van der Waals surface area contributed by atoms with E-state index in [0.717, 1.165) is 38.8 Å². The van der Waals surface area contributed by atoms with Crippen molar-refractivity contribution in [2.24, 2.45) is 0 Å². The van der Waals surface area contributed by atoms with Crippen LogP contribution in [0.5, 0.6) is 11.5 Å². The number of likely N-dealkylation sites (tertiary alicyclic amines) is 2. The highest BCUT2D eigenvalue weighted by Crippen LogP contribution is 2.29. The van der Waals surface area contributed by atoms with Crippen LogP contribution in [-0.4, -0.2) is 60.5 Å². The van der Waals surface area contributed by atoms with Gasteiger partial charge in [-0.15, -0.1) is 0 Å². The second-order valence-corrected chi connectivity index (χ2v) is 7.10. The van der Waals surface area contributed by atoms with E-state index in [2.05, 4.69) is 0 Å². The number of rotatable bonds is 4. The molecule has 2 saturated heterocycles. The number of ether oxygens (including phenoxy) is 2. The maximum absolute atomic E-state index is 12.7. The monoisotopic (exact) mass is 380 g/mol. The second kappa shape index (κ2) is 8.62. The largest absolute Gasteiger partial charge is 0.496 e. The maximum Gasteiger partial charge on any atom is 0.316 e. The first-order valence-corrected chi connectivity index (χ1v) is 9.54. The molecule has 0 saturated carbocycles. The van der Waals surface area contributed by atoms with Gasteiger partial charge in [-0.05, 0) is 43.0 Å². The van der Waals surface area contributed by atoms with Crippen molar-refractivity contribution in [1.29, 1.82) is 0 Å². The van der Waals surface area contributed by atoms with Gasteiger partial charge in [0.15, 0.2) is 0 Å². The van der Waals surface area contributed by atoms with Crippen molar-refractivity contribution in [3.05, 3.63) is 23.8 Å². The van der Waals surface area contributed by atoms with Crippen LogP contribution in [0.2, 0.25) is 0 Å². The fraction of sp³-hybridized carbons (Fsp3) is 0.579. The van der Waals surface area contributed by atoms with Crippen molar-refractivity contribution in [1.82, 2.24) is 9.80 Å². The van der Waals surface area contributed by atoms with Crippen LogP contribution in [0.15, 0.2) is 18.2 Å². The van der Waals surface area contributed by atoms with Crippen LogP contribution in [0.25, 0.3) is 0 Å². The molecule has 0 aliphatic carbocycles. The lowest BCUT2D eigenvalue weighted by Gasteiger charge is -2.31. The lowest BCUT2D eigenvalue weighted by atomic mass is 10.1. The van der Waals surface area contributed by atoms with Crippen LogP contribution in [-0.2, 0) is 0 Å². The molecular weight excluding hydrogens is 356 g/mol. The van der Waals surface area contributed by atoms with E-state index in [0.29, 0.717) is 30.2 Å². The summed E-state index contributed by atoms with van der Waals surface area (Å²) in [6.07, 6.45) is 4.78. The number of carbonyl (C=O) groups excluding carboxylic acids is 2. The predicted octanol–water partition coefficient (Wildman–Crippen LogP) is 3.52. The van der Waals surface area contributed by atoms with Gasteiger partial charge in [0.05, 0.1) is 12.7 Å². The van der Waals surface area contributed by atoms with Gasteiger partial charge in [0.1, 0.15) is 17.6 Å². The first-order valence-electron chi connectivity index (χ1n) is 9.17. The third-order valence-electron chi connectivity index (χ3n) is 5.04. The Hall–Kier alpha value is -1.95. The first kappa shape index (κ1) is 18.8. The number of hydrogen-bond acceptors (Lipinski definition) is 4. The zero-order valence-electron chi connectivity index (χ0n) is 15.1. The van der Waals surface area contributed by atoms with E-state index >= 15 is 0 Å². The molecule has 0 N–H and O–H groups in total. The Morgan fingerprint density at radius 3 is 2.35 bits per heavy atom. The number of benzene rings is 1. The van der Waals surface area contributed by atoms with Crippen molar-refractivity contribution in [3.63, 3.8) is 0 Å². The standard InChI is InChI=1S/C19H25ClN2O4/c1-25-17-13-15(26-14-7-11-22(12-8-14)19(20)24)5-6-16(17)18(23)21-9-3-2-4-10-21/h5-6,13-14H,2-4,7-12H2,1H3. The van der Waals surface area contributed by atoms with Crippen LogP contribution < -0.4 is 9.47 Å². The van der Waals surface area contributed by atoms with E-state index in [1.165, 1.54) is 6.42 Å². The van der Waals surface area contributed by atoms with Crippen LogP contribution in [0, 0.1) is 0 Å². The molecule has 1 aromatic carbocycles. The van der Waals surface area contributed by atoms with Crippen LogP contribution in [0.1, 0.15) is 42.5 Å². The minimum atomic E-state index is -0.411. The van der Waals surface area contributed by atoms with Crippen LogP contribution >= 0.6 is 11.6 Å². The molecule has 0 spiro atoms. The third kappa shape index (κ3) is 4.41. The Bertz CT molecular complexity index is 653. The van der Waals surface area contributed by atoms with E-state index in [1.54, 1.807) is 24.1 Å². The molecule has 7 heteroatoms. The molecule has 0 radical (unpaired) electrons. The number of amides is 2. The average molecular weight is 381 g/mol. The van der Waals surface area contributed by atoms with E-state index in [9.17, 15) is 9.59 Å². The normalized spacial score (nSPS) is 18.5. The predicted molar refractivity (Wildman–Crippen MR) is 99.2 cm³/mol. The number of piperidine rings is 2. The van der Waals surface area contributed by atoms with Gasteiger partial charge in [-0.2, -0.15) is 0 Å². The summed E-state index contributed by atoms with van der Waals surface area (Å²) in [6, 6.07) is 5.37. The fourth-order valence-electron chi connectivity index (χ4n) is 3.53. The molecular formula is C19H25ClN2O4. The minimum Gasteiger partial charge on any atom is -0.496 e. The second-order valence-electron chi connectivity index (χ2n) is 6.77. The van der Waals surface area contributed by atoms with Crippen LogP contribution in [0.3, 0.4) is 0 Å². The van der Waals surface area contributed by atoms with Crippen molar-refractivity contribution in [3.8, 4) is 11.5 Å². The molecule has 2 heterocycles. The summed E-state index contributed by atoms with van der Waals surface area (Å²) >= 11 is 5.51. The number of nitrogens with zero attached hydrogens (tertiary/aromatic N) is 2. The molecule has 6 nitrogen and oxygen atoms in total. The molecule has 0 atom stereocenters. The van der Waals surface area contributed by atoms with E-state index < -0.39 is 5.37 Å². The van der Waals surface area contributed by atoms with Gasteiger partial charge in [-0.3, -0.25) is 9.59 Å². The van der Waals surface area contributed by atoms with Crippen molar-refractivity contribution >= 4 is 22.9 Å². The number of hydrogen-bond donors (Lipinski definition) is 0. The summed E-state index contributed by atoms with van der Waals surface area (Å²) in [7, 11) is 1.57. The highest BCUT2D eigenvalue weighted by Gasteiger charge is 2.25. The van der Waals surface area contributed by atoms with Gasteiger partial charge < -0.3 is 19.3 Å². The quantitative estimate of drug-likeness (QED) is 0.592. The van der Waals surface area contributed by atoms with E-state index in [-0.39, 0.29) is 12.0 Å².